The molecular formula is C23H28N2O2. The van der Waals surface area contributed by atoms with Gasteiger partial charge in [-0.15, -0.1) is 0 Å². The fourth-order valence-electron chi connectivity index (χ4n) is 3.23. The second-order valence-corrected chi connectivity index (χ2v) is 7.51. The van der Waals surface area contributed by atoms with Crippen LogP contribution >= 0.6 is 0 Å². The zero-order valence-corrected chi connectivity index (χ0v) is 16.6. The van der Waals surface area contributed by atoms with Gasteiger partial charge in [0.15, 0.2) is 5.76 Å². The maximum Gasteiger partial charge on any atom is 0.290 e. The molecule has 0 spiro atoms. The molecule has 27 heavy (non-hydrogen) atoms. The Morgan fingerprint density at radius 2 is 1.93 bits per heavy atom. The lowest BCUT2D eigenvalue weighted by atomic mass is 10.0. The molecule has 1 unspecified atom stereocenters. The second-order valence-electron chi connectivity index (χ2n) is 7.51. The topological polar surface area (TPSA) is 38.4 Å². The molecule has 3 aromatic rings. The monoisotopic (exact) mass is 364 g/mol. The van der Waals surface area contributed by atoms with Crippen molar-refractivity contribution in [2.75, 3.05) is 0 Å². The summed E-state index contributed by atoms with van der Waals surface area (Å²) in [7, 11) is 0. The van der Waals surface area contributed by atoms with Crippen LogP contribution < -0.4 is 0 Å². The van der Waals surface area contributed by atoms with Crippen LogP contribution in [0.25, 0.3) is 0 Å². The number of hydrogen-bond donors (Lipinski definition) is 0. The van der Waals surface area contributed by atoms with Crippen molar-refractivity contribution in [3.05, 3.63) is 83.6 Å². The van der Waals surface area contributed by atoms with E-state index >= 15 is 0 Å². The summed E-state index contributed by atoms with van der Waals surface area (Å²) in [6.45, 7) is 9.83. The number of aryl methyl sites for hydroxylation is 1. The number of rotatable bonds is 7. The molecule has 0 radical (unpaired) electrons. The van der Waals surface area contributed by atoms with Gasteiger partial charge < -0.3 is 13.9 Å². The van der Waals surface area contributed by atoms with E-state index in [1.807, 2.05) is 11.0 Å². The summed E-state index contributed by atoms with van der Waals surface area (Å²) >= 11 is 0. The number of aromatic nitrogens is 1. The number of carbonyl (C=O) groups excluding carboxylic acids is 1. The molecule has 2 heterocycles. The number of benzene rings is 1. The molecule has 142 valence electrons. The average molecular weight is 364 g/mol. The van der Waals surface area contributed by atoms with Crippen LogP contribution in [0, 0.1) is 12.8 Å². The molecule has 1 aromatic carbocycles. The highest BCUT2D eigenvalue weighted by atomic mass is 16.3. The Balaban J connectivity index is 1.84. The lowest BCUT2D eigenvalue weighted by Crippen LogP contribution is -2.41. The zero-order valence-electron chi connectivity index (χ0n) is 16.6. The Kier molecular flexibility index (Phi) is 5.84. The molecule has 0 saturated carbocycles. The highest BCUT2D eigenvalue weighted by Crippen LogP contribution is 2.19. The van der Waals surface area contributed by atoms with Crippen LogP contribution in [0.3, 0.4) is 0 Å². The molecule has 0 fully saturated rings. The standard InChI is InChI=1S/C23H28N2O2/c1-17(2)19(4)25(23(26)22-11-7-13-27-22)16-21-10-6-12-24(21)15-20-9-5-8-18(3)14-20/h5-14,17,19H,15-16H2,1-4H3. The van der Waals surface area contributed by atoms with Crippen LogP contribution in [0.4, 0.5) is 0 Å². The Morgan fingerprint density at radius 3 is 2.59 bits per heavy atom. The van der Waals surface area contributed by atoms with Crippen LogP contribution in [0.15, 0.2) is 65.4 Å². The molecule has 0 aliphatic heterocycles. The summed E-state index contributed by atoms with van der Waals surface area (Å²) in [6.07, 6.45) is 3.62. The molecule has 0 N–H and O–H groups in total. The van der Waals surface area contributed by atoms with Crippen molar-refractivity contribution in [1.82, 2.24) is 9.47 Å². The van der Waals surface area contributed by atoms with E-state index in [9.17, 15) is 4.79 Å². The predicted molar refractivity (Wildman–Crippen MR) is 108 cm³/mol. The van der Waals surface area contributed by atoms with Gasteiger partial charge >= 0.3 is 0 Å². The van der Waals surface area contributed by atoms with Crippen molar-refractivity contribution in [3.63, 3.8) is 0 Å². The summed E-state index contributed by atoms with van der Waals surface area (Å²) in [5, 5.41) is 0. The van der Waals surface area contributed by atoms with Gasteiger partial charge in [-0.1, -0.05) is 43.7 Å². The number of carbonyl (C=O) groups is 1. The third-order valence-electron chi connectivity index (χ3n) is 5.14. The summed E-state index contributed by atoms with van der Waals surface area (Å²) in [6, 6.07) is 16.2. The SMILES string of the molecule is Cc1cccc(Cn2cccc2CN(C(=O)c2ccco2)C(C)C(C)C)c1. The van der Waals surface area contributed by atoms with E-state index in [0.29, 0.717) is 18.2 Å². The summed E-state index contributed by atoms with van der Waals surface area (Å²) in [5.41, 5.74) is 3.63. The van der Waals surface area contributed by atoms with Gasteiger partial charge in [0, 0.05) is 24.5 Å². The maximum atomic E-state index is 13.0. The summed E-state index contributed by atoms with van der Waals surface area (Å²) in [4.78, 5) is 14.9. The van der Waals surface area contributed by atoms with E-state index < -0.39 is 0 Å². The number of furan rings is 1. The van der Waals surface area contributed by atoms with Gasteiger partial charge in [0.05, 0.1) is 12.8 Å². The van der Waals surface area contributed by atoms with Gasteiger partial charge in [-0.2, -0.15) is 0 Å². The van der Waals surface area contributed by atoms with Crippen molar-refractivity contribution < 1.29 is 9.21 Å². The Labute approximate surface area is 161 Å². The smallest absolute Gasteiger partial charge is 0.290 e. The van der Waals surface area contributed by atoms with Crippen molar-refractivity contribution in [2.24, 2.45) is 5.92 Å². The lowest BCUT2D eigenvalue weighted by molar-refractivity contribution is 0.0590. The minimum atomic E-state index is -0.0653. The first kappa shape index (κ1) is 19.0. The molecule has 4 heteroatoms. The maximum absolute atomic E-state index is 13.0. The van der Waals surface area contributed by atoms with Crippen LogP contribution in [-0.4, -0.2) is 21.4 Å². The normalized spacial score (nSPS) is 12.3. The first-order valence-electron chi connectivity index (χ1n) is 9.49. The molecule has 0 saturated heterocycles. The van der Waals surface area contributed by atoms with E-state index in [0.717, 1.165) is 12.2 Å². The van der Waals surface area contributed by atoms with E-state index in [4.69, 9.17) is 4.42 Å². The van der Waals surface area contributed by atoms with Gasteiger partial charge in [0.25, 0.3) is 5.91 Å². The van der Waals surface area contributed by atoms with Crippen LogP contribution in [0.2, 0.25) is 0 Å². The number of amides is 1. The van der Waals surface area contributed by atoms with E-state index in [1.165, 1.54) is 11.1 Å². The van der Waals surface area contributed by atoms with Gasteiger partial charge in [0.1, 0.15) is 0 Å². The van der Waals surface area contributed by atoms with Crippen LogP contribution in [0.5, 0.6) is 0 Å². The van der Waals surface area contributed by atoms with Gasteiger partial charge in [-0.05, 0) is 49.6 Å². The van der Waals surface area contributed by atoms with Gasteiger partial charge in [-0.25, -0.2) is 0 Å². The highest BCUT2D eigenvalue weighted by molar-refractivity contribution is 5.91. The number of nitrogens with zero attached hydrogens (tertiary/aromatic N) is 2. The third-order valence-corrected chi connectivity index (χ3v) is 5.14. The summed E-state index contributed by atoms with van der Waals surface area (Å²) in [5.74, 6) is 0.674. The third kappa shape index (κ3) is 4.51. The lowest BCUT2D eigenvalue weighted by Gasteiger charge is -2.31. The van der Waals surface area contributed by atoms with Crippen LogP contribution in [0.1, 0.15) is 48.1 Å². The molecule has 1 atom stereocenters. The quantitative estimate of drug-likeness (QED) is 0.583. The Hall–Kier alpha value is -2.75. The van der Waals surface area contributed by atoms with Gasteiger partial charge in [-0.3, -0.25) is 4.79 Å². The zero-order chi connectivity index (χ0) is 19.4. The molecule has 0 aliphatic carbocycles. The van der Waals surface area contributed by atoms with E-state index in [-0.39, 0.29) is 11.9 Å². The van der Waals surface area contributed by atoms with Crippen LogP contribution in [-0.2, 0) is 13.1 Å². The Morgan fingerprint density at radius 1 is 1.11 bits per heavy atom. The largest absolute Gasteiger partial charge is 0.459 e. The molecular weight excluding hydrogens is 336 g/mol. The fraction of sp³-hybridized carbons (Fsp3) is 0.348. The van der Waals surface area contributed by atoms with E-state index in [2.05, 4.69) is 68.8 Å². The Bertz CT molecular complexity index is 877. The number of hydrogen-bond acceptors (Lipinski definition) is 2. The molecule has 4 nitrogen and oxygen atoms in total. The minimum absolute atomic E-state index is 0.0653. The summed E-state index contributed by atoms with van der Waals surface area (Å²) < 4.78 is 7.58. The van der Waals surface area contributed by atoms with E-state index in [1.54, 1.807) is 18.4 Å². The van der Waals surface area contributed by atoms with Crippen molar-refractivity contribution in [3.8, 4) is 0 Å². The first-order chi connectivity index (χ1) is 13.0. The molecule has 0 aliphatic rings. The average Bonchev–Trinajstić information content (AvgIpc) is 3.31. The second kappa shape index (κ2) is 8.30. The molecule has 3 rings (SSSR count). The minimum Gasteiger partial charge on any atom is -0.459 e. The molecule has 1 amide bonds. The van der Waals surface area contributed by atoms with Crippen molar-refractivity contribution in [1.29, 1.82) is 0 Å². The molecule has 2 aromatic heterocycles. The van der Waals surface area contributed by atoms with Crippen molar-refractivity contribution in [2.45, 2.75) is 46.8 Å². The van der Waals surface area contributed by atoms with Crippen molar-refractivity contribution >= 4 is 5.91 Å². The van der Waals surface area contributed by atoms with Gasteiger partial charge in [0.2, 0.25) is 0 Å². The first-order valence-corrected chi connectivity index (χ1v) is 9.49. The molecule has 0 bridgehead atoms. The fourth-order valence-corrected chi connectivity index (χ4v) is 3.23. The predicted octanol–water partition coefficient (Wildman–Crippen LogP) is 5.12. The highest BCUT2D eigenvalue weighted by Gasteiger charge is 2.26.